The molecule has 2 rings (SSSR count). The molecule has 0 heterocycles. The van der Waals surface area contributed by atoms with Gasteiger partial charge in [-0.2, -0.15) is 0 Å². The van der Waals surface area contributed by atoms with Gasteiger partial charge in [-0.15, -0.1) is 0 Å². The van der Waals surface area contributed by atoms with Crippen molar-refractivity contribution in [2.75, 3.05) is 6.54 Å². The van der Waals surface area contributed by atoms with Crippen LogP contribution in [-0.4, -0.2) is 18.1 Å². The van der Waals surface area contributed by atoms with E-state index in [4.69, 9.17) is 5.73 Å². The van der Waals surface area contributed by atoms with Gasteiger partial charge in [0.1, 0.15) is 0 Å². The van der Waals surface area contributed by atoms with E-state index in [1.54, 1.807) is 0 Å². The van der Waals surface area contributed by atoms with Crippen LogP contribution in [0.3, 0.4) is 0 Å². The maximum atomic E-state index is 6.07. The summed E-state index contributed by atoms with van der Waals surface area (Å²) in [4.78, 5) is 0. The lowest BCUT2D eigenvalue weighted by Crippen LogP contribution is -2.60. The Bertz CT molecular complexity index is 253. The van der Waals surface area contributed by atoms with Crippen LogP contribution in [0.5, 0.6) is 0 Å². The molecule has 3 unspecified atom stereocenters. The third-order valence-electron chi connectivity index (χ3n) is 4.65. The molecule has 92 valence electrons. The van der Waals surface area contributed by atoms with Crippen molar-refractivity contribution in [1.82, 2.24) is 5.32 Å². The fourth-order valence-corrected chi connectivity index (χ4v) is 3.42. The number of rotatable bonds is 3. The van der Waals surface area contributed by atoms with Crippen LogP contribution in [0.15, 0.2) is 12.2 Å². The SMILES string of the molecule is CC1CCC(CN)(NC2CC=CC2)C(C)C1. The summed E-state index contributed by atoms with van der Waals surface area (Å²) in [6.07, 6.45) is 10.9. The van der Waals surface area contributed by atoms with Crippen LogP contribution in [0.4, 0.5) is 0 Å². The van der Waals surface area contributed by atoms with Crippen molar-refractivity contribution >= 4 is 0 Å². The normalized spacial score (nSPS) is 40.4. The van der Waals surface area contributed by atoms with Gasteiger partial charge in [0.05, 0.1) is 0 Å². The summed E-state index contributed by atoms with van der Waals surface area (Å²) in [7, 11) is 0. The van der Waals surface area contributed by atoms with E-state index < -0.39 is 0 Å². The maximum Gasteiger partial charge on any atom is 0.0332 e. The van der Waals surface area contributed by atoms with Crippen LogP contribution in [-0.2, 0) is 0 Å². The molecule has 2 nitrogen and oxygen atoms in total. The second-order valence-electron chi connectivity index (χ2n) is 5.92. The van der Waals surface area contributed by atoms with Crippen molar-refractivity contribution in [2.45, 2.75) is 57.5 Å². The van der Waals surface area contributed by atoms with Gasteiger partial charge in [0.15, 0.2) is 0 Å². The molecule has 0 amide bonds. The number of hydrogen-bond donors (Lipinski definition) is 2. The molecular weight excluding hydrogens is 196 g/mol. The third kappa shape index (κ3) is 2.33. The number of nitrogens with two attached hydrogens (primary N) is 1. The predicted molar refractivity (Wildman–Crippen MR) is 69.3 cm³/mol. The highest BCUT2D eigenvalue weighted by Gasteiger charge is 2.40. The maximum absolute atomic E-state index is 6.07. The van der Waals surface area contributed by atoms with E-state index in [0.717, 1.165) is 12.5 Å². The minimum atomic E-state index is 0.212. The van der Waals surface area contributed by atoms with Crippen molar-refractivity contribution in [1.29, 1.82) is 0 Å². The molecule has 0 radical (unpaired) electrons. The number of hydrogen-bond acceptors (Lipinski definition) is 2. The molecule has 0 aromatic heterocycles. The summed E-state index contributed by atoms with van der Waals surface area (Å²) < 4.78 is 0. The summed E-state index contributed by atoms with van der Waals surface area (Å²) >= 11 is 0. The highest BCUT2D eigenvalue weighted by molar-refractivity contribution is 5.05. The fourth-order valence-electron chi connectivity index (χ4n) is 3.42. The Hall–Kier alpha value is -0.340. The van der Waals surface area contributed by atoms with E-state index in [0.29, 0.717) is 12.0 Å². The summed E-state index contributed by atoms with van der Waals surface area (Å²) in [5.74, 6) is 1.58. The van der Waals surface area contributed by atoms with Gasteiger partial charge in [-0.1, -0.05) is 26.0 Å². The van der Waals surface area contributed by atoms with Crippen LogP contribution in [0.2, 0.25) is 0 Å². The fraction of sp³-hybridized carbons (Fsp3) is 0.857. The van der Waals surface area contributed by atoms with Crippen molar-refractivity contribution in [3.05, 3.63) is 12.2 Å². The van der Waals surface area contributed by atoms with Crippen molar-refractivity contribution in [3.63, 3.8) is 0 Å². The molecule has 3 atom stereocenters. The Morgan fingerprint density at radius 3 is 2.56 bits per heavy atom. The van der Waals surface area contributed by atoms with Crippen LogP contribution >= 0.6 is 0 Å². The van der Waals surface area contributed by atoms with Gasteiger partial charge in [-0.3, -0.25) is 0 Å². The topological polar surface area (TPSA) is 38.0 Å². The molecule has 2 aliphatic rings. The molecule has 16 heavy (non-hydrogen) atoms. The van der Waals surface area contributed by atoms with Gasteiger partial charge in [0.2, 0.25) is 0 Å². The first kappa shape index (κ1) is 12.1. The predicted octanol–water partition coefficient (Wildman–Crippen LogP) is 2.45. The standard InChI is InChI=1S/C14H26N2/c1-11-7-8-14(10-15,12(2)9-11)16-13-5-3-4-6-13/h3-4,11-13,16H,5-10,15H2,1-2H3. The van der Waals surface area contributed by atoms with E-state index in [9.17, 15) is 0 Å². The Balaban J connectivity index is 2.00. The summed E-state index contributed by atoms with van der Waals surface area (Å²) in [6, 6.07) is 0.638. The van der Waals surface area contributed by atoms with E-state index in [1.165, 1.54) is 32.1 Å². The molecule has 0 aromatic rings. The average Bonchev–Trinajstić information content (AvgIpc) is 2.75. The Kier molecular flexibility index (Phi) is 3.70. The third-order valence-corrected chi connectivity index (χ3v) is 4.65. The van der Waals surface area contributed by atoms with Crippen molar-refractivity contribution in [2.24, 2.45) is 17.6 Å². The van der Waals surface area contributed by atoms with Gasteiger partial charge in [-0.25, -0.2) is 0 Å². The molecule has 0 bridgehead atoms. The van der Waals surface area contributed by atoms with Crippen molar-refractivity contribution < 1.29 is 0 Å². The second-order valence-corrected chi connectivity index (χ2v) is 5.92. The lowest BCUT2D eigenvalue weighted by molar-refractivity contribution is 0.117. The lowest BCUT2D eigenvalue weighted by Gasteiger charge is -2.46. The average molecular weight is 222 g/mol. The zero-order valence-corrected chi connectivity index (χ0v) is 10.7. The minimum Gasteiger partial charge on any atom is -0.329 e. The molecule has 0 aromatic carbocycles. The molecule has 0 aliphatic heterocycles. The lowest BCUT2D eigenvalue weighted by atomic mass is 9.69. The van der Waals surface area contributed by atoms with E-state index >= 15 is 0 Å². The highest BCUT2D eigenvalue weighted by Crippen LogP contribution is 2.37. The monoisotopic (exact) mass is 222 g/mol. The van der Waals surface area contributed by atoms with Crippen LogP contribution in [0.25, 0.3) is 0 Å². The Labute approximate surface area is 99.7 Å². The van der Waals surface area contributed by atoms with Gasteiger partial charge in [-0.05, 0) is 43.9 Å². The molecule has 1 saturated carbocycles. The zero-order valence-electron chi connectivity index (χ0n) is 10.7. The summed E-state index contributed by atoms with van der Waals surface area (Å²) in [5, 5.41) is 3.86. The molecule has 3 N–H and O–H groups in total. The summed E-state index contributed by atoms with van der Waals surface area (Å²) in [6.45, 7) is 5.53. The molecule has 1 fully saturated rings. The van der Waals surface area contributed by atoms with Crippen LogP contribution in [0.1, 0.15) is 46.0 Å². The molecule has 2 heteroatoms. The molecule has 0 spiro atoms. The minimum absolute atomic E-state index is 0.212. The van der Waals surface area contributed by atoms with Crippen LogP contribution < -0.4 is 11.1 Å². The summed E-state index contributed by atoms with van der Waals surface area (Å²) in [5.41, 5.74) is 6.28. The first-order chi connectivity index (χ1) is 7.66. The van der Waals surface area contributed by atoms with Gasteiger partial charge in [0, 0.05) is 18.1 Å². The van der Waals surface area contributed by atoms with Gasteiger partial charge >= 0.3 is 0 Å². The van der Waals surface area contributed by atoms with Gasteiger partial charge < -0.3 is 11.1 Å². The Morgan fingerprint density at radius 2 is 2.00 bits per heavy atom. The van der Waals surface area contributed by atoms with E-state index in [1.807, 2.05) is 0 Å². The Morgan fingerprint density at radius 1 is 1.31 bits per heavy atom. The highest BCUT2D eigenvalue weighted by atomic mass is 15.0. The van der Waals surface area contributed by atoms with Gasteiger partial charge in [0.25, 0.3) is 0 Å². The zero-order chi connectivity index (χ0) is 11.6. The smallest absolute Gasteiger partial charge is 0.0332 e. The van der Waals surface area contributed by atoms with E-state index in [2.05, 4.69) is 31.3 Å². The van der Waals surface area contributed by atoms with Crippen molar-refractivity contribution in [3.8, 4) is 0 Å². The number of nitrogens with one attached hydrogen (secondary N) is 1. The first-order valence-electron chi connectivity index (χ1n) is 6.79. The second kappa shape index (κ2) is 4.89. The van der Waals surface area contributed by atoms with Crippen LogP contribution in [0, 0.1) is 11.8 Å². The molecule has 2 aliphatic carbocycles. The molecular formula is C14H26N2. The van der Waals surface area contributed by atoms with E-state index in [-0.39, 0.29) is 5.54 Å². The molecule has 0 saturated heterocycles. The first-order valence-corrected chi connectivity index (χ1v) is 6.79. The quantitative estimate of drug-likeness (QED) is 0.720. The largest absolute Gasteiger partial charge is 0.329 e.